The van der Waals surface area contributed by atoms with Gasteiger partial charge in [0.2, 0.25) is 5.91 Å². The van der Waals surface area contributed by atoms with Crippen molar-refractivity contribution in [1.82, 2.24) is 9.97 Å². The van der Waals surface area contributed by atoms with E-state index in [0.717, 1.165) is 16.3 Å². The molecule has 8 nitrogen and oxygen atoms in total. The molecule has 0 fully saturated rings. The summed E-state index contributed by atoms with van der Waals surface area (Å²) in [7, 11) is 0. The van der Waals surface area contributed by atoms with E-state index in [1.54, 1.807) is 6.07 Å². The lowest BCUT2D eigenvalue weighted by Crippen LogP contribution is -2.30. The zero-order valence-electron chi connectivity index (χ0n) is 14.5. The summed E-state index contributed by atoms with van der Waals surface area (Å²) < 4.78 is 0. The van der Waals surface area contributed by atoms with E-state index in [0.29, 0.717) is 12.1 Å². The highest BCUT2D eigenvalue weighted by Gasteiger charge is 2.15. The highest BCUT2D eigenvalue weighted by atomic mass is 16.4. The van der Waals surface area contributed by atoms with Crippen molar-refractivity contribution in [3.63, 3.8) is 0 Å². The Bertz CT molecular complexity index is 1160. The number of nitrogens with one attached hydrogen (secondary N) is 3. The standard InChI is InChI=1S/C19H17N3O5/c1-10(23)20-15-4-2-3-12-7-5-11(9-14(12)15)6-8-13-16(18(25)26)21-19(27)22-17(13)24/h2-5,7,9H,6,8H2,1H3,(H,20,23)(H,25,26)(H2,21,22,24,27). The van der Waals surface area contributed by atoms with Gasteiger partial charge in [-0.15, -0.1) is 0 Å². The predicted octanol–water partition coefficient (Wildman–Crippen LogP) is 1.66. The van der Waals surface area contributed by atoms with Gasteiger partial charge in [-0.1, -0.05) is 24.3 Å². The predicted molar refractivity (Wildman–Crippen MR) is 100 cm³/mol. The van der Waals surface area contributed by atoms with Crippen LogP contribution in [-0.2, 0) is 17.6 Å². The third kappa shape index (κ3) is 3.95. The summed E-state index contributed by atoms with van der Waals surface area (Å²) in [5.41, 5.74) is -0.416. The number of aromatic amines is 2. The minimum Gasteiger partial charge on any atom is -0.477 e. The van der Waals surface area contributed by atoms with E-state index in [4.69, 9.17) is 0 Å². The fraction of sp³-hybridized carbons (Fsp3) is 0.158. The van der Waals surface area contributed by atoms with Crippen LogP contribution in [0, 0.1) is 0 Å². The summed E-state index contributed by atoms with van der Waals surface area (Å²) in [6.07, 6.45) is 0.529. The van der Waals surface area contributed by atoms with E-state index in [2.05, 4.69) is 15.3 Å². The minimum absolute atomic E-state index is 0.0114. The van der Waals surface area contributed by atoms with Crippen LogP contribution >= 0.6 is 0 Å². The van der Waals surface area contributed by atoms with Gasteiger partial charge < -0.3 is 15.4 Å². The number of hydrogen-bond donors (Lipinski definition) is 4. The molecule has 0 bridgehead atoms. The third-order valence-electron chi connectivity index (χ3n) is 4.18. The maximum Gasteiger partial charge on any atom is 0.352 e. The molecule has 0 saturated carbocycles. The lowest BCUT2D eigenvalue weighted by molar-refractivity contribution is -0.114. The Morgan fingerprint density at radius 3 is 2.56 bits per heavy atom. The van der Waals surface area contributed by atoms with Crippen molar-refractivity contribution in [3.05, 3.63) is 74.1 Å². The summed E-state index contributed by atoms with van der Waals surface area (Å²) in [6, 6.07) is 11.2. The van der Waals surface area contributed by atoms with Gasteiger partial charge in [0.1, 0.15) is 5.69 Å². The molecule has 8 heteroatoms. The summed E-state index contributed by atoms with van der Waals surface area (Å²) >= 11 is 0. The van der Waals surface area contributed by atoms with Gasteiger partial charge in [0.05, 0.1) is 0 Å². The van der Waals surface area contributed by atoms with Crippen molar-refractivity contribution in [1.29, 1.82) is 0 Å². The Balaban J connectivity index is 1.95. The number of aromatic nitrogens is 2. The molecule has 1 aromatic heterocycles. The molecule has 3 aromatic rings. The molecule has 0 radical (unpaired) electrons. The molecule has 1 heterocycles. The third-order valence-corrected chi connectivity index (χ3v) is 4.18. The molecule has 0 aliphatic heterocycles. The van der Waals surface area contributed by atoms with Crippen LogP contribution in [0.25, 0.3) is 10.8 Å². The number of carbonyl (C=O) groups excluding carboxylic acids is 1. The zero-order valence-corrected chi connectivity index (χ0v) is 14.5. The van der Waals surface area contributed by atoms with E-state index in [1.165, 1.54) is 6.92 Å². The van der Waals surface area contributed by atoms with Gasteiger partial charge in [0.15, 0.2) is 0 Å². The summed E-state index contributed by atoms with van der Waals surface area (Å²) in [5.74, 6) is -1.54. The maximum absolute atomic E-state index is 12.0. The SMILES string of the molecule is CC(=O)Nc1cccc2ccc(CCc3c(C(=O)O)[nH]c(=O)[nH]c3=O)cc12. The number of benzene rings is 2. The number of anilines is 1. The number of carbonyl (C=O) groups is 2. The number of amides is 1. The summed E-state index contributed by atoms with van der Waals surface area (Å²) in [6.45, 7) is 1.43. The van der Waals surface area contributed by atoms with Crippen molar-refractivity contribution in [2.75, 3.05) is 5.32 Å². The Kier molecular flexibility index (Phi) is 4.89. The van der Waals surface area contributed by atoms with E-state index >= 15 is 0 Å². The zero-order chi connectivity index (χ0) is 19.6. The first-order valence-electron chi connectivity index (χ1n) is 8.23. The Morgan fingerprint density at radius 2 is 1.85 bits per heavy atom. The molecular weight excluding hydrogens is 350 g/mol. The molecule has 1 amide bonds. The maximum atomic E-state index is 12.0. The lowest BCUT2D eigenvalue weighted by Gasteiger charge is -2.10. The molecule has 0 spiro atoms. The normalized spacial score (nSPS) is 10.7. The van der Waals surface area contributed by atoms with Crippen molar-refractivity contribution in [3.8, 4) is 0 Å². The van der Waals surface area contributed by atoms with Crippen molar-refractivity contribution < 1.29 is 14.7 Å². The molecule has 0 saturated heterocycles. The molecule has 0 aliphatic carbocycles. The Labute approximate surface area is 152 Å². The monoisotopic (exact) mass is 367 g/mol. The summed E-state index contributed by atoms with van der Waals surface area (Å²) in [5, 5.41) is 13.8. The van der Waals surface area contributed by atoms with E-state index < -0.39 is 22.9 Å². The van der Waals surface area contributed by atoms with E-state index in [1.807, 2.05) is 30.3 Å². The molecule has 27 heavy (non-hydrogen) atoms. The van der Waals surface area contributed by atoms with Gasteiger partial charge in [0.25, 0.3) is 5.56 Å². The Hall–Kier alpha value is -3.68. The molecule has 4 N–H and O–H groups in total. The van der Waals surface area contributed by atoms with Crippen LogP contribution in [0.2, 0.25) is 0 Å². The summed E-state index contributed by atoms with van der Waals surface area (Å²) in [4.78, 5) is 50.2. The Morgan fingerprint density at radius 1 is 1.07 bits per heavy atom. The van der Waals surface area contributed by atoms with Gasteiger partial charge >= 0.3 is 11.7 Å². The second kappa shape index (κ2) is 7.28. The number of aromatic carboxylic acids is 1. The molecule has 3 rings (SSSR count). The highest BCUT2D eigenvalue weighted by Crippen LogP contribution is 2.25. The van der Waals surface area contributed by atoms with Crippen molar-refractivity contribution >= 4 is 28.3 Å². The molecule has 0 aliphatic rings. The number of H-pyrrole nitrogens is 2. The van der Waals surface area contributed by atoms with Crippen LogP contribution in [0.4, 0.5) is 5.69 Å². The second-order valence-corrected chi connectivity index (χ2v) is 6.11. The number of carboxylic acid groups (broad SMARTS) is 1. The van der Waals surface area contributed by atoms with Crippen LogP contribution < -0.4 is 16.6 Å². The molecule has 138 valence electrons. The average molecular weight is 367 g/mol. The van der Waals surface area contributed by atoms with E-state index in [-0.39, 0.29) is 17.9 Å². The molecule has 2 aromatic carbocycles. The minimum atomic E-state index is -1.36. The van der Waals surface area contributed by atoms with E-state index in [9.17, 15) is 24.3 Å². The van der Waals surface area contributed by atoms with Crippen molar-refractivity contribution in [2.45, 2.75) is 19.8 Å². The molecular formula is C19H17N3O5. The number of aryl methyl sites for hydroxylation is 1. The van der Waals surface area contributed by atoms with Gasteiger partial charge in [0, 0.05) is 23.6 Å². The average Bonchev–Trinajstić information content (AvgIpc) is 2.60. The fourth-order valence-electron chi connectivity index (χ4n) is 2.98. The first-order chi connectivity index (χ1) is 12.8. The fourth-order valence-corrected chi connectivity index (χ4v) is 2.98. The van der Waals surface area contributed by atoms with Crippen LogP contribution in [0.3, 0.4) is 0 Å². The topological polar surface area (TPSA) is 132 Å². The lowest BCUT2D eigenvalue weighted by atomic mass is 10.00. The quantitative estimate of drug-likeness (QED) is 0.544. The smallest absolute Gasteiger partial charge is 0.352 e. The first-order valence-corrected chi connectivity index (χ1v) is 8.23. The van der Waals surface area contributed by atoms with Crippen LogP contribution in [0.5, 0.6) is 0 Å². The van der Waals surface area contributed by atoms with Crippen LogP contribution in [0.15, 0.2) is 46.0 Å². The number of fused-ring (bicyclic) bond motifs is 1. The molecule has 0 unspecified atom stereocenters. The van der Waals surface area contributed by atoms with Gasteiger partial charge in [-0.3, -0.25) is 14.6 Å². The first kappa shape index (κ1) is 18.1. The highest BCUT2D eigenvalue weighted by molar-refractivity contribution is 6.01. The molecule has 0 atom stereocenters. The van der Waals surface area contributed by atoms with Crippen LogP contribution in [0.1, 0.15) is 28.5 Å². The number of carboxylic acids is 1. The number of rotatable bonds is 5. The van der Waals surface area contributed by atoms with Crippen molar-refractivity contribution in [2.24, 2.45) is 0 Å². The van der Waals surface area contributed by atoms with Gasteiger partial charge in [-0.2, -0.15) is 0 Å². The van der Waals surface area contributed by atoms with Gasteiger partial charge in [-0.05, 0) is 35.9 Å². The van der Waals surface area contributed by atoms with Crippen LogP contribution in [-0.4, -0.2) is 27.0 Å². The number of hydrogen-bond acceptors (Lipinski definition) is 4. The largest absolute Gasteiger partial charge is 0.477 e. The second-order valence-electron chi connectivity index (χ2n) is 6.11. The van der Waals surface area contributed by atoms with Gasteiger partial charge in [-0.25, -0.2) is 9.59 Å².